The molecule has 0 aliphatic heterocycles. The fraction of sp³-hybridized carbons (Fsp3) is 0.238. The highest BCUT2D eigenvalue weighted by Crippen LogP contribution is 2.18. The molecule has 0 aliphatic carbocycles. The summed E-state index contributed by atoms with van der Waals surface area (Å²) in [6, 6.07) is 20.9. The van der Waals surface area contributed by atoms with Crippen molar-refractivity contribution in [3.05, 3.63) is 78.1 Å². The Labute approximate surface area is 172 Å². The molecule has 0 atom stereocenters. The summed E-state index contributed by atoms with van der Waals surface area (Å²) in [5, 5.41) is 9.31. The molecule has 2 N–H and O–H groups in total. The first kappa shape index (κ1) is 20.2. The number of fused-ring (bicyclic) bond motifs is 1. The second kappa shape index (κ2) is 10.8. The lowest BCUT2D eigenvalue weighted by Gasteiger charge is -2.12. The standard InChI is InChI=1S/C21H24N4.HI/c1-2-22-21(25-16-19-11-5-6-14-23-19)24-15-13-18-10-7-9-17-8-3-4-12-20(17)18;/h3-12,14H,2,13,15-16H2,1H3,(H2,22,24,25);1H. The summed E-state index contributed by atoms with van der Waals surface area (Å²) >= 11 is 0. The topological polar surface area (TPSA) is 49.3 Å². The second-order valence-corrected chi connectivity index (χ2v) is 5.83. The first-order valence-corrected chi connectivity index (χ1v) is 8.75. The molecule has 0 saturated carbocycles. The maximum Gasteiger partial charge on any atom is 0.191 e. The first-order valence-electron chi connectivity index (χ1n) is 8.75. The number of guanidine groups is 1. The van der Waals surface area contributed by atoms with E-state index in [1.807, 2.05) is 18.2 Å². The number of aromatic nitrogens is 1. The molecule has 0 aliphatic rings. The van der Waals surface area contributed by atoms with Crippen LogP contribution in [0, 0.1) is 0 Å². The van der Waals surface area contributed by atoms with Crippen LogP contribution in [-0.4, -0.2) is 24.0 Å². The molecule has 0 bridgehead atoms. The van der Waals surface area contributed by atoms with Crippen LogP contribution in [-0.2, 0) is 13.0 Å². The molecule has 3 aromatic rings. The van der Waals surface area contributed by atoms with Gasteiger partial charge >= 0.3 is 0 Å². The molecule has 1 heterocycles. The number of pyridine rings is 1. The monoisotopic (exact) mass is 460 g/mol. The third kappa shape index (κ3) is 5.69. The van der Waals surface area contributed by atoms with Gasteiger partial charge < -0.3 is 10.6 Å². The van der Waals surface area contributed by atoms with Crippen LogP contribution in [0.3, 0.4) is 0 Å². The van der Waals surface area contributed by atoms with E-state index in [0.29, 0.717) is 6.54 Å². The predicted molar refractivity (Wildman–Crippen MR) is 120 cm³/mol. The molecule has 0 unspecified atom stereocenters. The molecule has 3 rings (SSSR count). The minimum atomic E-state index is 0. The normalized spacial score (nSPS) is 11.0. The highest BCUT2D eigenvalue weighted by molar-refractivity contribution is 14.0. The van der Waals surface area contributed by atoms with Gasteiger partial charge in [0.05, 0.1) is 12.2 Å². The van der Waals surface area contributed by atoms with E-state index in [0.717, 1.165) is 31.2 Å². The number of aliphatic imine (C=N–C) groups is 1. The molecule has 5 heteroatoms. The van der Waals surface area contributed by atoms with Crippen LogP contribution >= 0.6 is 24.0 Å². The molecule has 136 valence electrons. The molecule has 0 spiro atoms. The molecular formula is C21H25IN4. The smallest absolute Gasteiger partial charge is 0.191 e. The van der Waals surface area contributed by atoms with Crippen molar-refractivity contribution in [2.45, 2.75) is 19.9 Å². The van der Waals surface area contributed by atoms with Crippen LogP contribution in [0.1, 0.15) is 18.2 Å². The average Bonchev–Trinajstić information content (AvgIpc) is 2.67. The van der Waals surface area contributed by atoms with Crippen molar-refractivity contribution in [1.82, 2.24) is 15.6 Å². The Morgan fingerprint density at radius 1 is 0.962 bits per heavy atom. The van der Waals surface area contributed by atoms with Crippen LogP contribution < -0.4 is 10.6 Å². The van der Waals surface area contributed by atoms with Crippen molar-refractivity contribution in [3.63, 3.8) is 0 Å². The summed E-state index contributed by atoms with van der Waals surface area (Å²) in [5.41, 5.74) is 2.32. The van der Waals surface area contributed by atoms with Crippen LogP contribution in [0.5, 0.6) is 0 Å². The number of nitrogens with one attached hydrogen (secondary N) is 2. The molecule has 0 amide bonds. The van der Waals surface area contributed by atoms with Gasteiger partial charge in [-0.3, -0.25) is 4.98 Å². The zero-order chi connectivity index (χ0) is 17.3. The van der Waals surface area contributed by atoms with Crippen LogP contribution in [0.2, 0.25) is 0 Å². The van der Waals surface area contributed by atoms with Gasteiger partial charge in [0.25, 0.3) is 0 Å². The van der Waals surface area contributed by atoms with Crippen molar-refractivity contribution >= 4 is 40.7 Å². The van der Waals surface area contributed by atoms with E-state index < -0.39 is 0 Å². The number of benzene rings is 2. The Morgan fingerprint density at radius 2 is 1.77 bits per heavy atom. The molecule has 26 heavy (non-hydrogen) atoms. The van der Waals surface area contributed by atoms with Crippen molar-refractivity contribution in [1.29, 1.82) is 0 Å². The van der Waals surface area contributed by atoms with Gasteiger partial charge in [0.1, 0.15) is 0 Å². The minimum Gasteiger partial charge on any atom is -0.357 e. The number of hydrogen-bond donors (Lipinski definition) is 2. The fourth-order valence-electron chi connectivity index (χ4n) is 2.82. The third-order valence-corrected chi connectivity index (χ3v) is 4.04. The predicted octanol–water partition coefficient (Wildman–Crippen LogP) is 4.15. The lowest BCUT2D eigenvalue weighted by molar-refractivity contribution is 0.799. The Hall–Kier alpha value is -2.15. The summed E-state index contributed by atoms with van der Waals surface area (Å²) in [4.78, 5) is 8.92. The van der Waals surface area contributed by atoms with E-state index in [1.165, 1.54) is 16.3 Å². The lowest BCUT2D eigenvalue weighted by atomic mass is 10.0. The lowest BCUT2D eigenvalue weighted by Crippen LogP contribution is -2.38. The van der Waals surface area contributed by atoms with Crippen molar-refractivity contribution < 1.29 is 0 Å². The zero-order valence-corrected chi connectivity index (χ0v) is 17.3. The minimum absolute atomic E-state index is 0. The van der Waals surface area contributed by atoms with Gasteiger partial charge in [0, 0.05) is 19.3 Å². The van der Waals surface area contributed by atoms with Gasteiger partial charge in [-0.2, -0.15) is 0 Å². The molecule has 1 aromatic heterocycles. The van der Waals surface area contributed by atoms with E-state index in [9.17, 15) is 0 Å². The Balaban J connectivity index is 0.00000243. The summed E-state index contributed by atoms with van der Waals surface area (Å²) in [6.07, 6.45) is 2.75. The van der Waals surface area contributed by atoms with E-state index in [1.54, 1.807) is 6.20 Å². The second-order valence-electron chi connectivity index (χ2n) is 5.83. The molecule has 2 aromatic carbocycles. The fourth-order valence-corrected chi connectivity index (χ4v) is 2.82. The summed E-state index contributed by atoms with van der Waals surface area (Å²) in [6.45, 7) is 4.32. The molecule has 0 radical (unpaired) electrons. The Bertz CT molecular complexity index is 828. The third-order valence-electron chi connectivity index (χ3n) is 4.04. The molecule has 4 nitrogen and oxygen atoms in total. The van der Waals surface area contributed by atoms with Crippen molar-refractivity contribution in [2.75, 3.05) is 13.1 Å². The average molecular weight is 460 g/mol. The summed E-state index contributed by atoms with van der Waals surface area (Å²) in [7, 11) is 0. The van der Waals surface area contributed by atoms with Crippen LogP contribution in [0.4, 0.5) is 0 Å². The van der Waals surface area contributed by atoms with E-state index in [-0.39, 0.29) is 24.0 Å². The van der Waals surface area contributed by atoms with E-state index in [2.05, 4.69) is 70.0 Å². The van der Waals surface area contributed by atoms with Gasteiger partial charge in [-0.05, 0) is 41.8 Å². The maximum atomic E-state index is 4.61. The SMILES string of the molecule is CCNC(=NCc1ccccn1)NCCc1cccc2ccccc12.I. The number of hydrogen-bond acceptors (Lipinski definition) is 2. The summed E-state index contributed by atoms with van der Waals surface area (Å²) in [5.74, 6) is 0.827. The van der Waals surface area contributed by atoms with E-state index in [4.69, 9.17) is 0 Å². The molecule has 0 fully saturated rings. The van der Waals surface area contributed by atoms with Gasteiger partial charge in [-0.1, -0.05) is 48.5 Å². The maximum absolute atomic E-state index is 4.61. The van der Waals surface area contributed by atoms with E-state index >= 15 is 0 Å². The Morgan fingerprint density at radius 3 is 2.58 bits per heavy atom. The zero-order valence-electron chi connectivity index (χ0n) is 15.0. The molecule has 0 saturated heterocycles. The van der Waals surface area contributed by atoms with Crippen molar-refractivity contribution in [3.8, 4) is 0 Å². The van der Waals surface area contributed by atoms with Gasteiger partial charge in [-0.25, -0.2) is 4.99 Å². The largest absolute Gasteiger partial charge is 0.357 e. The van der Waals surface area contributed by atoms with Crippen LogP contribution in [0.25, 0.3) is 10.8 Å². The van der Waals surface area contributed by atoms with Gasteiger partial charge in [0.15, 0.2) is 5.96 Å². The van der Waals surface area contributed by atoms with Gasteiger partial charge in [-0.15, -0.1) is 24.0 Å². The first-order chi connectivity index (χ1) is 12.4. The Kier molecular flexibility index (Phi) is 8.34. The van der Waals surface area contributed by atoms with Crippen LogP contribution in [0.15, 0.2) is 71.9 Å². The number of nitrogens with zero attached hydrogens (tertiary/aromatic N) is 2. The molecular weight excluding hydrogens is 435 g/mol. The highest BCUT2D eigenvalue weighted by Gasteiger charge is 2.02. The van der Waals surface area contributed by atoms with Gasteiger partial charge in [0.2, 0.25) is 0 Å². The summed E-state index contributed by atoms with van der Waals surface area (Å²) < 4.78 is 0. The number of rotatable bonds is 6. The van der Waals surface area contributed by atoms with Crippen molar-refractivity contribution in [2.24, 2.45) is 4.99 Å². The number of halogens is 1. The quantitative estimate of drug-likeness (QED) is 0.330. The highest BCUT2D eigenvalue weighted by atomic mass is 127.